The molecule has 5 heteroatoms. The zero-order valence-corrected chi connectivity index (χ0v) is 8.64. The Balaban J connectivity index is 3.02. The van der Waals surface area contributed by atoms with Gasteiger partial charge in [-0.15, -0.1) is 0 Å². The summed E-state index contributed by atoms with van der Waals surface area (Å²) in [5, 5.41) is 0. The molecular weight excluding hydrogens is 383 g/mol. The maximum absolute atomic E-state index is 5.36. The average molecular weight is 383 g/mol. The van der Waals surface area contributed by atoms with Crippen LogP contribution < -0.4 is 0 Å². The monoisotopic (exact) mass is 382 g/mol. The van der Waals surface area contributed by atoms with Crippen molar-refractivity contribution in [1.29, 1.82) is 0 Å². The molecule has 0 saturated carbocycles. The number of hydrogen-bond acceptors (Lipinski definition) is 0. The van der Waals surface area contributed by atoms with Crippen LogP contribution in [0.4, 0.5) is 0 Å². The zero-order chi connectivity index (χ0) is 4.50. The summed E-state index contributed by atoms with van der Waals surface area (Å²) in [6, 6.07) is 0. The second kappa shape index (κ2) is 2.75. The summed E-state index contributed by atoms with van der Waals surface area (Å²) in [7, 11) is 10.7. The normalized spacial score (nSPS) is 15.2. The van der Waals surface area contributed by atoms with Gasteiger partial charge in [0.15, 0.2) is 0 Å². The third-order valence-corrected chi connectivity index (χ3v) is 0. The van der Waals surface area contributed by atoms with Crippen molar-refractivity contribution in [2.24, 2.45) is 0 Å². The second-order valence-electron chi connectivity index (χ2n) is 0.271. The molecule has 0 radical (unpaired) electrons. The number of hydrogen-bond donors (Lipinski definition) is 0. The molecule has 0 aliphatic heterocycles. The molecule has 0 saturated heterocycles. The van der Waals surface area contributed by atoms with Gasteiger partial charge in [-0.05, 0) is 0 Å². The molecule has 0 heterocycles. The standard InChI is InChI=1S/2ClH.2HI.Ni/h4*1H;/q;;;;+2/p-4. The first-order valence-corrected chi connectivity index (χ1v) is 9.57. The van der Waals surface area contributed by atoms with E-state index in [1.54, 1.807) is 0 Å². The Morgan fingerprint density at radius 3 is 1.20 bits per heavy atom. The quantitative estimate of drug-likeness (QED) is 0.445. The van der Waals surface area contributed by atoms with E-state index in [2.05, 4.69) is 0 Å². The van der Waals surface area contributed by atoms with Crippen molar-refractivity contribution < 1.29 is 4.23 Å². The second-order valence-corrected chi connectivity index (χ2v) is 25.1. The molecule has 5 heavy (non-hydrogen) atoms. The molecule has 0 bridgehead atoms. The van der Waals surface area contributed by atoms with E-state index >= 15 is 0 Å². The Morgan fingerprint density at radius 2 is 1.20 bits per heavy atom. The predicted molar refractivity (Wildman–Crippen MR) is 39.7 cm³/mol. The van der Waals surface area contributed by atoms with E-state index in [1.165, 1.54) is 0 Å². The molecule has 0 aromatic carbocycles. The topological polar surface area (TPSA) is 0 Å². The van der Waals surface area contributed by atoms with Crippen molar-refractivity contribution in [3.05, 3.63) is 0 Å². The maximum atomic E-state index is 5.36. The Hall–Kier alpha value is 2.53. The van der Waals surface area contributed by atoms with Gasteiger partial charge in [0.1, 0.15) is 0 Å². The van der Waals surface area contributed by atoms with E-state index < -0.39 is 4.23 Å². The van der Waals surface area contributed by atoms with Crippen molar-refractivity contribution in [2.45, 2.75) is 0 Å². The summed E-state index contributed by atoms with van der Waals surface area (Å²) in [5.41, 5.74) is 0. The molecule has 0 fully saturated rings. The van der Waals surface area contributed by atoms with Gasteiger partial charge in [0.25, 0.3) is 0 Å². The van der Waals surface area contributed by atoms with Gasteiger partial charge in [-0.2, -0.15) is 0 Å². The van der Waals surface area contributed by atoms with Crippen LogP contribution in [0, 0.1) is 0 Å². The van der Waals surface area contributed by atoms with Gasteiger partial charge >= 0.3 is 65.6 Å². The first-order chi connectivity index (χ1) is 2.00. The van der Waals surface area contributed by atoms with Gasteiger partial charge in [0.05, 0.1) is 0 Å². The van der Waals surface area contributed by atoms with Crippen LogP contribution in [0.1, 0.15) is 0 Å². The van der Waals surface area contributed by atoms with Gasteiger partial charge in [-0.3, -0.25) is 0 Å². The minimum atomic E-state index is -1.37. The van der Waals surface area contributed by atoms with E-state index in [9.17, 15) is 0 Å². The summed E-state index contributed by atoms with van der Waals surface area (Å²) in [5.74, 6) is 0. The van der Waals surface area contributed by atoms with Gasteiger partial charge in [-0.25, -0.2) is 0 Å². The van der Waals surface area contributed by atoms with Crippen LogP contribution in [0.3, 0.4) is 0 Å². The molecule has 0 atom stereocenters. The van der Waals surface area contributed by atoms with E-state index in [0.29, 0.717) is 0 Å². The summed E-state index contributed by atoms with van der Waals surface area (Å²) < 4.78 is -1.37. The average Bonchev–Trinajstić information content (AvgIpc) is 0.722. The van der Waals surface area contributed by atoms with Gasteiger partial charge in [0.2, 0.25) is 0 Å². The molecule has 40 valence electrons. The molecule has 0 nitrogen and oxygen atoms in total. The Morgan fingerprint density at radius 1 is 1.20 bits per heavy atom. The summed E-state index contributed by atoms with van der Waals surface area (Å²) in [6.45, 7) is 0. The third kappa shape index (κ3) is 20.9. The van der Waals surface area contributed by atoms with Crippen LogP contribution in [0.2, 0.25) is 0 Å². The fourth-order valence-corrected chi connectivity index (χ4v) is 0. The molecule has 0 rings (SSSR count). The zero-order valence-electron chi connectivity index (χ0n) is 1.83. The fraction of sp³-hybridized carbons (Fsp3) is 0. The van der Waals surface area contributed by atoms with E-state index in [1.807, 2.05) is 41.0 Å². The van der Waals surface area contributed by atoms with Crippen LogP contribution in [-0.4, -0.2) is 0 Å². The van der Waals surface area contributed by atoms with Gasteiger partial charge < -0.3 is 0 Å². The van der Waals surface area contributed by atoms with Crippen LogP contribution in [-0.2, 0) is 4.23 Å². The first-order valence-electron chi connectivity index (χ1n) is 0.478. The molecule has 0 spiro atoms. The van der Waals surface area contributed by atoms with E-state index in [-0.39, 0.29) is 0 Å². The number of rotatable bonds is 0. The van der Waals surface area contributed by atoms with Crippen LogP contribution in [0.25, 0.3) is 0 Å². The van der Waals surface area contributed by atoms with Crippen molar-refractivity contribution in [2.75, 3.05) is 0 Å². The van der Waals surface area contributed by atoms with E-state index in [4.69, 9.17) is 20.4 Å². The van der Waals surface area contributed by atoms with Crippen LogP contribution >= 0.6 is 61.4 Å². The predicted octanol–water partition coefficient (Wildman–Crippen LogP) is 3.15. The molecule has 0 aliphatic carbocycles. The SMILES string of the molecule is [Cl][Ni-2]([Cl])([I])[I]. The molecule has 0 aromatic rings. The molecule has 0 aromatic heterocycles. The van der Waals surface area contributed by atoms with Gasteiger partial charge in [0, 0.05) is 0 Å². The Kier molecular flexibility index (Phi) is 4.14. The number of halogens is 4. The van der Waals surface area contributed by atoms with Crippen molar-refractivity contribution >= 4 is 61.4 Å². The summed E-state index contributed by atoms with van der Waals surface area (Å²) >= 11 is 3.98. The Bertz CT molecular complexity index is 23.1. The molecule has 0 aliphatic rings. The summed E-state index contributed by atoms with van der Waals surface area (Å²) in [6.07, 6.45) is 0. The van der Waals surface area contributed by atoms with Crippen molar-refractivity contribution in [3.63, 3.8) is 0 Å². The fourth-order valence-electron chi connectivity index (χ4n) is 0. The third-order valence-electron chi connectivity index (χ3n) is 0. The molecule has 0 unspecified atom stereocenters. The van der Waals surface area contributed by atoms with Crippen LogP contribution in [0.15, 0.2) is 0 Å². The van der Waals surface area contributed by atoms with Crippen molar-refractivity contribution in [1.82, 2.24) is 0 Å². The van der Waals surface area contributed by atoms with E-state index in [0.717, 1.165) is 0 Å². The Labute approximate surface area is 64.3 Å². The minimum absolute atomic E-state index is 1.37. The first kappa shape index (κ1) is 7.53. The molecule has 0 N–H and O–H groups in total. The van der Waals surface area contributed by atoms with Crippen molar-refractivity contribution in [3.8, 4) is 0 Å². The summed E-state index contributed by atoms with van der Waals surface area (Å²) in [4.78, 5) is 0. The van der Waals surface area contributed by atoms with Crippen LogP contribution in [0.5, 0.6) is 0 Å². The molecule has 0 amide bonds. The van der Waals surface area contributed by atoms with Gasteiger partial charge in [-0.1, -0.05) is 0 Å². The molecular formula is Cl2I2Ni-2.